The van der Waals surface area contributed by atoms with Crippen LogP contribution in [-0.4, -0.2) is 28.4 Å². The summed E-state index contributed by atoms with van der Waals surface area (Å²) in [6, 6.07) is 17.4. The van der Waals surface area contributed by atoms with Gasteiger partial charge in [0.05, 0.1) is 16.8 Å². The van der Waals surface area contributed by atoms with Crippen molar-refractivity contribution in [3.63, 3.8) is 0 Å². The Bertz CT molecular complexity index is 1610. The lowest BCUT2D eigenvalue weighted by Crippen LogP contribution is -2.32. The predicted molar refractivity (Wildman–Crippen MR) is 164 cm³/mol. The summed E-state index contributed by atoms with van der Waals surface area (Å²) in [5, 5.41) is 3.44. The lowest BCUT2D eigenvalue weighted by Gasteiger charge is -2.24. The molecule has 0 radical (unpaired) electrons. The minimum Gasteiger partial charge on any atom is -0.444 e. The third-order valence-corrected chi connectivity index (χ3v) is 8.65. The molecule has 1 aliphatic carbocycles. The first-order chi connectivity index (χ1) is 20.4. The number of alkyl halides is 2. The third kappa shape index (κ3) is 7.82. The van der Waals surface area contributed by atoms with Crippen LogP contribution >= 0.6 is 11.3 Å². The summed E-state index contributed by atoms with van der Waals surface area (Å²) < 4.78 is 48.0. The number of carbonyl (C=O) groups excluding carboxylic acids is 2. The van der Waals surface area contributed by atoms with Gasteiger partial charge in [-0.05, 0) is 81.0 Å². The smallest absolute Gasteiger partial charge is 0.408 e. The van der Waals surface area contributed by atoms with Gasteiger partial charge in [0.2, 0.25) is 5.92 Å². The van der Waals surface area contributed by atoms with Crippen LogP contribution in [0.5, 0.6) is 0 Å². The van der Waals surface area contributed by atoms with Crippen LogP contribution in [-0.2, 0) is 11.3 Å². The molecule has 1 aliphatic rings. The number of rotatable bonds is 6. The van der Waals surface area contributed by atoms with Crippen molar-refractivity contribution in [1.29, 1.82) is 0 Å². The molecule has 0 aliphatic heterocycles. The van der Waals surface area contributed by atoms with E-state index in [0.29, 0.717) is 29.8 Å². The monoisotopic (exact) mass is 608 g/mol. The quantitative estimate of drug-likeness (QED) is 0.221. The summed E-state index contributed by atoms with van der Waals surface area (Å²) in [7, 11) is 0. The van der Waals surface area contributed by atoms with E-state index in [0.717, 1.165) is 32.5 Å². The molecular formula is C34H35F3N2O3S. The molecule has 0 bridgehead atoms. The van der Waals surface area contributed by atoms with Crippen LogP contribution < -0.4 is 5.32 Å². The Balaban J connectivity index is 1.43. The van der Waals surface area contributed by atoms with Gasteiger partial charge in [-0.25, -0.2) is 22.9 Å². The minimum absolute atomic E-state index is 0.0895. The van der Waals surface area contributed by atoms with Gasteiger partial charge < -0.3 is 10.1 Å². The molecule has 0 spiro atoms. The number of fused-ring (bicyclic) bond motifs is 1. The largest absolute Gasteiger partial charge is 0.444 e. The van der Waals surface area contributed by atoms with Crippen LogP contribution in [0.4, 0.5) is 18.0 Å². The fraction of sp³-hybridized carbons (Fsp3) is 0.382. The molecule has 5 rings (SSSR count). The second-order valence-corrected chi connectivity index (χ2v) is 13.2. The van der Waals surface area contributed by atoms with E-state index in [4.69, 9.17) is 9.72 Å². The molecule has 5 nitrogen and oxygen atoms in total. The van der Waals surface area contributed by atoms with E-state index < -0.39 is 23.5 Å². The number of Topliss-reactive ketones (excluding diaryl/α,β-unsaturated/α-hetero) is 1. The van der Waals surface area contributed by atoms with Crippen LogP contribution in [0, 0.1) is 11.7 Å². The Labute approximate surface area is 253 Å². The Morgan fingerprint density at radius 3 is 2.35 bits per heavy atom. The van der Waals surface area contributed by atoms with Gasteiger partial charge in [-0.3, -0.25) is 4.79 Å². The van der Waals surface area contributed by atoms with E-state index in [1.165, 1.54) is 23.5 Å². The number of hydrogen-bond donors (Lipinski definition) is 1. The summed E-state index contributed by atoms with van der Waals surface area (Å²) >= 11 is 1.44. The van der Waals surface area contributed by atoms with Crippen molar-refractivity contribution >= 4 is 33.4 Å². The molecule has 9 heteroatoms. The average Bonchev–Trinajstić information content (AvgIpc) is 3.37. The fourth-order valence-corrected chi connectivity index (χ4v) is 6.40. The summed E-state index contributed by atoms with van der Waals surface area (Å²) in [6.07, 6.45) is 0.991. The molecule has 3 aromatic carbocycles. The highest BCUT2D eigenvalue weighted by atomic mass is 32.1. The van der Waals surface area contributed by atoms with Crippen LogP contribution in [0.3, 0.4) is 0 Å². The normalized spacial score (nSPS) is 17.2. The number of carbonyl (C=O) groups is 2. The molecule has 1 heterocycles. The first kappa shape index (κ1) is 30.7. The van der Waals surface area contributed by atoms with Crippen molar-refractivity contribution in [2.45, 2.75) is 77.4 Å². The van der Waals surface area contributed by atoms with E-state index in [1.807, 2.05) is 24.3 Å². The second kappa shape index (κ2) is 12.5. The van der Waals surface area contributed by atoms with E-state index in [-0.39, 0.29) is 37.4 Å². The number of alkyl carbamates (subject to hydrolysis) is 1. The molecular weight excluding hydrogens is 573 g/mol. The number of ketones is 1. The maximum absolute atomic E-state index is 14.0. The molecule has 0 saturated heterocycles. The number of nitrogens with zero attached hydrogens (tertiary/aromatic N) is 1. The van der Waals surface area contributed by atoms with E-state index >= 15 is 0 Å². The SMILES string of the molecule is CC(C)(C)OC(=O)NCc1nc2cc(-c3ccc(C(=O)C4CCCCC(F)(F)CC4)cc3)cc(-c3ccc(F)cc3)c2s1. The number of thiazole rings is 1. The predicted octanol–water partition coefficient (Wildman–Crippen LogP) is 9.58. The minimum atomic E-state index is -2.70. The number of amides is 1. The zero-order valence-electron chi connectivity index (χ0n) is 24.5. The van der Waals surface area contributed by atoms with Crippen molar-refractivity contribution < 1.29 is 27.5 Å². The first-order valence-electron chi connectivity index (χ1n) is 14.6. The first-order valence-corrected chi connectivity index (χ1v) is 15.4. The van der Waals surface area contributed by atoms with Gasteiger partial charge in [0.15, 0.2) is 5.78 Å². The molecule has 1 saturated carbocycles. The number of ether oxygens (including phenoxy) is 1. The van der Waals surface area contributed by atoms with Crippen molar-refractivity contribution in [3.8, 4) is 22.3 Å². The Hall–Kier alpha value is -3.72. The lowest BCUT2D eigenvalue weighted by atomic mass is 9.84. The molecule has 1 fully saturated rings. The van der Waals surface area contributed by atoms with Crippen LogP contribution in [0.25, 0.3) is 32.5 Å². The van der Waals surface area contributed by atoms with Crippen molar-refractivity contribution in [2.75, 3.05) is 0 Å². The summed E-state index contributed by atoms with van der Waals surface area (Å²) in [5.74, 6) is -3.53. The zero-order chi connectivity index (χ0) is 30.8. The lowest BCUT2D eigenvalue weighted by molar-refractivity contribution is -0.0277. The van der Waals surface area contributed by atoms with Gasteiger partial charge in [0.25, 0.3) is 0 Å². The standard InChI is InChI=1S/C34H35F3N2O3S/c1-33(2,3)42-32(41)38-20-29-39-28-19-25(18-27(31(28)43-29)22-11-13-26(35)14-12-22)21-7-9-24(10-8-21)30(40)23-6-4-5-16-34(36,37)17-15-23/h7-14,18-19,23H,4-6,15-17,20H2,1-3H3,(H,38,41). The second-order valence-electron chi connectivity index (χ2n) is 12.1. The molecule has 43 heavy (non-hydrogen) atoms. The Kier molecular flexibility index (Phi) is 8.92. The number of nitrogens with one attached hydrogen (secondary N) is 1. The van der Waals surface area contributed by atoms with Gasteiger partial charge in [0, 0.05) is 29.9 Å². The topological polar surface area (TPSA) is 68.3 Å². The molecule has 226 valence electrons. The van der Waals surface area contributed by atoms with Gasteiger partial charge >= 0.3 is 6.09 Å². The molecule has 1 aromatic heterocycles. The van der Waals surface area contributed by atoms with E-state index in [1.54, 1.807) is 45.0 Å². The highest BCUT2D eigenvalue weighted by Crippen LogP contribution is 2.38. The van der Waals surface area contributed by atoms with Crippen molar-refractivity contribution in [2.24, 2.45) is 5.92 Å². The summed E-state index contributed by atoms with van der Waals surface area (Å²) in [4.78, 5) is 30.2. The van der Waals surface area contributed by atoms with Crippen LogP contribution in [0.1, 0.15) is 74.7 Å². The van der Waals surface area contributed by atoms with Gasteiger partial charge in [-0.15, -0.1) is 11.3 Å². The highest BCUT2D eigenvalue weighted by molar-refractivity contribution is 7.19. The maximum Gasteiger partial charge on any atom is 0.408 e. The summed E-state index contributed by atoms with van der Waals surface area (Å²) in [6.45, 7) is 5.57. The summed E-state index contributed by atoms with van der Waals surface area (Å²) in [5.41, 5.74) is 4.01. The van der Waals surface area contributed by atoms with E-state index in [9.17, 15) is 22.8 Å². The number of halogens is 3. The number of hydrogen-bond acceptors (Lipinski definition) is 5. The van der Waals surface area contributed by atoms with Crippen molar-refractivity contribution in [1.82, 2.24) is 10.3 Å². The van der Waals surface area contributed by atoms with Crippen LogP contribution in [0.15, 0.2) is 60.7 Å². The molecule has 4 aromatic rings. The zero-order valence-corrected chi connectivity index (χ0v) is 25.3. The third-order valence-electron chi connectivity index (χ3n) is 7.55. The highest BCUT2D eigenvalue weighted by Gasteiger charge is 2.33. The molecule has 1 atom stereocenters. The Morgan fingerprint density at radius 1 is 0.953 bits per heavy atom. The number of benzene rings is 3. The van der Waals surface area contributed by atoms with Gasteiger partial charge in [-0.1, -0.05) is 42.8 Å². The molecule has 1 unspecified atom stereocenters. The average molecular weight is 609 g/mol. The molecule has 1 amide bonds. The van der Waals surface area contributed by atoms with Gasteiger partial charge in [-0.2, -0.15) is 0 Å². The van der Waals surface area contributed by atoms with Crippen LogP contribution in [0.2, 0.25) is 0 Å². The van der Waals surface area contributed by atoms with Crippen molar-refractivity contribution in [3.05, 3.63) is 77.1 Å². The number of aromatic nitrogens is 1. The Morgan fingerprint density at radius 2 is 1.65 bits per heavy atom. The molecule has 1 N–H and O–H groups in total. The van der Waals surface area contributed by atoms with Gasteiger partial charge in [0.1, 0.15) is 16.4 Å². The fourth-order valence-electron chi connectivity index (χ4n) is 5.38. The van der Waals surface area contributed by atoms with E-state index in [2.05, 4.69) is 5.32 Å². The maximum atomic E-state index is 14.0.